The van der Waals surface area contributed by atoms with Crippen LogP contribution in [0, 0.1) is 20.7 Å². The lowest BCUT2D eigenvalue weighted by molar-refractivity contribution is -0.112. The van der Waals surface area contributed by atoms with E-state index in [4.69, 9.17) is 9.47 Å². The molecule has 0 heterocycles. The van der Waals surface area contributed by atoms with Crippen molar-refractivity contribution in [2.24, 2.45) is 0 Å². The van der Waals surface area contributed by atoms with Crippen molar-refractivity contribution in [3.8, 4) is 17.6 Å². The number of benzene rings is 3. The van der Waals surface area contributed by atoms with Gasteiger partial charge in [0.05, 0.1) is 10.7 Å². The third-order valence-electron chi connectivity index (χ3n) is 4.36. The van der Waals surface area contributed by atoms with Gasteiger partial charge in [0.2, 0.25) is 0 Å². The van der Waals surface area contributed by atoms with Crippen LogP contribution in [0.25, 0.3) is 6.08 Å². The molecule has 162 valence electrons. The van der Waals surface area contributed by atoms with Gasteiger partial charge in [0.1, 0.15) is 24.1 Å². The van der Waals surface area contributed by atoms with Crippen LogP contribution in [0.5, 0.6) is 11.5 Å². The molecular weight excluding hydrogens is 590 g/mol. The second-order valence-electron chi connectivity index (χ2n) is 6.55. The van der Waals surface area contributed by atoms with Crippen LogP contribution in [-0.2, 0) is 11.4 Å². The number of nitrogens with one attached hydrogen (secondary N) is 1. The minimum absolute atomic E-state index is 0.0350. The van der Waals surface area contributed by atoms with Gasteiger partial charge in [-0.2, -0.15) is 5.26 Å². The number of methoxy groups -OCH3 is 1. The van der Waals surface area contributed by atoms with Crippen LogP contribution in [0.1, 0.15) is 11.1 Å². The molecule has 1 N–H and O–H groups in total. The summed E-state index contributed by atoms with van der Waals surface area (Å²) in [5.41, 5.74) is 1.52. The van der Waals surface area contributed by atoms with E-state index in [1.807, 2.05) is 6.07 Å². The van der Waals surface area contributed by atoms with Crippen molar-refractivity contribution in [1.29, 1.82) is 5.26 Å². The Morgan fingerprint density at radius 2 is 1.94 bits per heavy atom. The normalized spacial score (nSPS) is 10.9. The summed E-state index contributed by atoms with van der Waals surface area (Å²) < 4.78 is 26.7. The number of anilines is 1. The first kappa shape index (κ1) is 23.8. The van der Waals surface area contributed by atoms with E-state index >= 15 is 0 Å². The highest BCUT2D eigenvalue weighted by atomic mass is 127. The van der Waals surface area contributed by atoms with Gasteiger partial charge in [-0.15, -0.1) is 0 Å². The van der Waals surface area contributed by atoms with Crippen molar-refractivity contribution in [2.45, 2.75) is 6.61 Å². The average Bonchev–Trinajstić information content (AvgIpc) is 2.78. The molecule has 32 heavy (non-hydrogen) atoms. The average molecular weight is 607 g/mol. The zero-order chi connectivity index (χ0) is 23.1. The maximum absolute atomic E-state index is 13.9. The molecule has 3 rings (SSSR count). The lowest BCUT2D eigenvalue weighted by Crippen LogP contribution is -2.13. The molecule has 0 spiro atoms. The maximum Gasteiger partial charge on any atom is 0.266 e. The summed E-state index contributed by atoms with van der Waals surface area (Å²) >= 11 is 5.40. The molecule has 0 aromatic heterocycles. The lowest BCUT2D eigenvalue weighted by Gasteiger charge is -2.14. The highest BCUT2D eigenvalue weighted by Gasteiger charge is 2.15. The molecule has 1 amide bonds. The van der Waals surface area contributed by atoms with Crippen LogP contribution in [0.3, 0.4) is 0 Å². The van der Waals surface area contributed by atoms with E-state index < -0.39 is 5.91 Å². The molecule has 0 radical (unpaired) electrons. The first-order valence-electron chi connectivity index (χ1n) is 9.33. The van der Waals surface area contributed by atoms with Gasteiger partial charge in [-0.05, 0) is 76.7 Å². The molecule has 0 bridgehead atoms. The molecule has 5 nitrogen and oxygen atoms in total. The molecule has 3 aromatic carbocycles. The van der Waals surface area contributed by atoms with Gasteiger partial charge in [-0.1, -0.05) is 34.1 Å². The number of nitrogens with zero attached hydrogens (tertiary/aromatic N) is 1. The summed E-state index contributed by atoms with van der Waals surface area (Å²) in [6, 6.07) is 18.7. The first-order chi connectivity index (χ1) is 15.4. The fraction of sp³-hybridized carbons (Fsp3) is 0.0833. The largest absolute Gasteiger partial charge is 0.493 e. The first-order valence-corrected chi connectivity index (χ1v) is 11.2. The molecule has 0 aliphatic carbocycles. The summed E-state index contributed by atoms with van der Waals surface area (Å²) in [6.07, 6.45) is 1.47. The Hall–Kier alpha value is -2.90. The number of hydrogen-bond donors (Lipinski definition) is 1. The number of halogens is 3. The second kappa shape index (κ2) is 11.1. The number of nitriles is 1. The second-order valence-corrected chi connectivity index (χ2v) is 8.62. The topological polar surface area (TPSA) is 71.3 Å². The fourth-order valence-electron chi connectivity index (χ4n) is 2.78. The number of carbonyl (C=O) groups is 1. The van der Waals surface area contributed by atoms with Crippen molar-refractivity contribution in [2.75, 3.05) is 12.4 Å². The molecule has 0 saturated carbocycles. The van der Waals surface area contributed by atoms with Gasteiger partial charge in [0.25, 0.3) is 5.91 Å². The monoisotopic (exact) mass is 606 g/mol. The maximum atomic E-state index is 13.9. The van der Waals surface area contributed by atoms with Gasteiger partial charge in [0, 0.05) is 15.7 Å². The quantitative estimate of drug-likeness (QED) is 0.194. The van der Waals surface area contributed by atoms with E-state index in [-0.39, 0.29) is 18.0 Å². The van der Waals surface area contributed by atoms with E-state index in [1.165, 1.54) is 19.3 Å². The Kier molecular flexibility index (Phi) is 8.25. The van der Waals surface area contributed by atoms with Gasteiger partial charge >= 0.3 is 0 Å². The van der Waals surface area contributed by atoms with Gasteiger partial charge in [-0.25, -0.2) is 4.39 Å². The van der Waals surface area contributed by atoms with Crippen LogP contribution in [0.4, 0.5) is 10.1 Å². The minimum atomic E-state index is -0.524. The summed E-state index contributed by atoms with van der Waals surface area (Å²) in [5.74, 6) is -0.0171. The Morgan fingerprint density at radius 3 is 2.59 bits per heavy atom. The highest BCUT2D eigenvalue weighted by Crippen LogP contribution is 2.35. The molecule has 0 atom stereocenters. The number of hydrogen-bond acceptors (Lipinski definition) is 4. The van der Waals surface area contributed by atoms with Gasteiger partial charge in [0.15, 0.2) is 11.5 Å². The van der Waals surface area contributed by atoms with Crippen molar-refractivity contribution in [3.63, 3.8) is 0 Å². The Balaban J connectivity index is 1.82. The SMILES string of the molecule is COc1cc(/C=C(/C#N)C(=O)Nc2ccc(Br)cc2)cc(I)c1OCc1ccccc1F. The minimum Gasteiger partial charge on any atom is -0.493 e. The molecule has 3 aromatic rings. The fourth-order valence-corrected chi connectivity index (χ4v) is 3.82. The molecule has 0 unspecified atom stereocenters. The summed E-state index contributed by atoms with van der Waals surface area (Å²) in [7, 11) is 1.49. The van der Waals surface area contributed by atoms with Crippen LogP contribution in [0.2, 0.25) is 0 Å². The van der Waals surface area contributed by atoms with Gasteiger partial charge in [-0.3, -0.25) is 4.79 Å². The number of carbonyl (C=O) groups excluding carboxylic acids is 1. The van der Waals surface area contributed by atoms with Crippen LogP contribution >= 0.6 is 38.5 Å². The predicted octanol–water partition coefficient (Wildman–Crippen LogP) is 6.33. The predicted molar refractivity (Wildman–Crippen MR) is 133 cm³/mol. The van der Waals surface area contributed by atoms with Crippen LogP contribution < -0.4 is 14.8 Å². The zero-order valence-electron chi connectivity index (χ0n) is 16.9. The van der Waals surface area contributed by atoms with E-state index in [0.29, 0.717) is 31.9 Å². The van der Waals surface area contributed by atoms with E-state index in [1.54, 1.807) is 54.6 Å². The zero-order valence-corrected chi connectivity index (χ0v) is 20.6. The molecule has 8 heteroatoms. The molecule has 0 aliphatic rings. The van der Waals surface area contributed by atoms with Crippen molar-refractivity contribution >= 4 is 56.2 Å². The van der Waals surface area contributed by atoms with Crippen LogP contribution in [-0.4, -0.2) is 13.0 Å². The number of amides is 1. The molecule has 0 aliphatic heterocycles. The summed E-state index contributed by atoms with van der Waals surface area (Å²) in [4.78, 5) is 12.5. The third-order valence-corrected chi connectivity index (χ3v) is 5.69. The lowest BCUT2D eigenvalue weighted by atomic mass is 10.1. The van der Waals surface area contributed by atoms with Crippen molar-refractivity contribution in [3.05, 3.63) is 91.2 Å². The van der Waals surface area contributed by atoms with E-state index in [9.17, 15) is 14.4 Å². The Labute approximate surface area is 207 Å². The van der Waals surface area contributed by atoms with E-state index in [0.717, 1.165) is 4.47 Å². The number of ether oxygens (including phenoxy) is 2. The van der Waals surface area contributed by atoms with Gasteiger partial charge < -0.3 is 14.8 Å². The van der Waals surface area contributed by atoms with Crippen molar-refractivity contribution < 1.29 is 18.7 Å². The molecule has 0 saturated heterocycles. The highest BCUT2D eigenvalue weighted by molar-refractivity contribution is 14.1. The summed E-state index contributed by atoms with van der Waals surface area (Å²) in [6.45, 7) is 0.0350. The molecule has 0 fully saturated rings. The Bertz CT molecular complexity index is 1210. The Morgan fingerprint density at radius 1 is 1.22 bits per heavy atom. The van der Waals surface area contributed by atoms with Crippen molar-refractivity contribution in [1.82, 2.24) is 0 Å². The summed E-state index contributed by atoms with van der Waals surface area (Å²) in [5, 5.41) is 12.2. The van der Waals surface area contributed by atoms with E-state index in [2.05, 4.69) is 43.8 Å². The van der Waals surface area contributed by atoms with Crippen LogP contribution in [0.15, 0.2) is 70.7 Å². The third kappa shape index (κ3) is 6.08. The molecular formula is C24H17BrFIN2O3. The smallest absolute Gasteiger partial charge is 0.266 e. The standard InChI is InChI=1S/C24H17BrFIN2O3/c1-31-22-12-15(10-17(13-28)24(30)29-19-8-6-18(25)7-9-19)11-21(27)23(22)32-14-16-4-2-3-5-20(16)26/h2-12H,14H2,1H3,(H,29,30)/b17-10-. The number of rotatable bonds is 7.